The molecule has 0 saturated carbocycles. The Balaban J connectivity index is 1.60. The lowest BCUT2D eigenvalue weighted by atomic mass is 9.73. The van der Waals surface area contributed by atoms with Crippen molar-refractivity contribution in [1.82, 2.24) is 14.9 Å². The fourth-order valence-corrected chi connectivity index (χ4v) is 4.71. The summed E-state index contributed by atoms with van der Waals surface area (Å²) in [5.41, 5.74) is 12.5. The molecule has 0 aliphatic carbocycles. The number of primary amides is 1. The minimum absolute atomic E-state index is 0.212. The molecule has 1 fully saturated rings. The number of piperidine rings is 1. The Morgan fingerprint density at radius 3 is 2.61 bits per heavy atom. The Bertz CT molecular complexity index is 1070. The molecule has 1 aromatic heterocycles. The normalized spacial score (nSPS) is 19.3. The third-order valence-electron chi connectivity index (χ3n) is 6.57. The fourth-order valence-electron chi connectivity index (χ4n) is 4.71. The van der Waals surface area contributed by atoms with Crippen molar-refractivity contribution >= 4 is 5.91 Å². The number of benzene rings is 2. The van der Waals surface area contributed by atoms with E-state index < -0.39 is 5.41 Å². The van der Waals surface area contributed by atoms with Crippen LogP contribution in [0, 0.1) is 19.3 Å². The summed E-state index contributed by atoms with van der Waals surface area (Å²) in [6.45, 7) is 6.77. The summed E-state index contributed by atoms with van der Waals surface area (Å²) in [4.78, 5) is 23.5. The first kappa shape index (κ1) is 21.2. The molecule has 160 valence electrons. The molecule has 5 nitrogen and oxygen atoms in total. The molecule has 3 aromatic rings. The highest BCUT2D eigenvalue weighted by molar-refractivity contribution is 5.82. The molecule has 5 heteroatoms. The average molecular weight is 415 g/mol. The van der Waals surface area contributed by atoms with Crippen molar-refractivity contribution in [3.63, 3.8) is 0 Å². The zero-order chi connectivity index (χ0) is 21.8. The summed E-state index contributed by atoms with van der Waals surface area (Å²) in [7, 11) is 0. The van der Waals surface area contributed by atoms with Gasteiger partial charge in [-0.05, 0) is 67.5 Å². The molecule has 1 aliphatic heterocycles. The minimum Gasteiger partial charge on any atom is -0.369 e. The van der Waals surface area contributed by atoms with Gasteiger partial charge in [0.1, 0.15) is 6.33 Å². The van der Waals surface area contributed by atoms with E-state index in [0.717, 1.165) is 42.6 Å². The van der Waals surface area contributed by atoms with Gasteiger partial charge in [-0.2, -0.15) is 0 Å². The number of likely N-dealkylation sites (tertiary alicyclic amines) is 1. The molecule has 4 rings (SSSR count). The summed E-state index contributed by atoms with van der Waals surface area (Å²) in [5.74, 6) is -0.212. The van der Waals surface area contributed by atoms with Gasteiger partial charge in [-0.1, -0.05) is 42.5 Å². The van der Waals surface area contributed by atoms with Gasteiger partial charge in [-0.3, -0.25) is 9.69 Å². The number of rotatable bonds is 6. The Labute approximate surface area is 184 Å². The highest BCUT2D eigenvalue weighted by atomic mass is 16.1. The van der Waals surface area contributed by atoms with Gasteiger partial charge in [0, 0.05) is 31.0 Å². The second-order valence-corrected chi connectivity index (χ2v) is 8.84. The van der Waals surface area contributed by atoms with E-state index in [1.165, 1.54) is 23.0 Å². The van der Waals surface area contributed by atoms with Gasteiger partial charge in [0.2, 0.25) is 5.91 Å². The van der Waals surface area contributed by atoms with Gasteiger partial charge in [0.25, 0.3) is 0 Å². The number of hydrogen-bond donors (Lipinski definition) is 1. The van der Waals surface area contributed by atoms with E-state index in [-0.39, 0.29) is 5.91 Å². The quantitative estimate of drug-likeness (QED) is 0.660. The zero-order valence-electron chi connectivity index (χ0n) is 18.3. The van der Waals surface area contributed by atoms with Gasteiger partial charge in [-0.25, -0.2) is 9.97 Å². The second-order valence-electron chi connectivity index (χ2n) is 8.84. The first-order chi connectivity index (χ1) is 15.0. The van der Waals surface area contributed by atoms with Gasteiger partial charge in [0.15, 0.2) is 0 Å². The van der Waals surface area contributed by atoms with Crippen molar-refractivity contribution in [2.45, 2.75) is 39.7 Å². The molecule has 2 N–H and O–H groups in total. The number of nitrogens with two attached hydrogens (primary N) is 1. The summed E-state index contributed by atoms with van der Waals surface area (Å²) < 4.78 is 0. The Hall–Kier alpha value is -3.05. The Morgan fingerprint density at radius 1 is 1.10 bits per heavy atom. The molecule has 0 radical (unpaired) electrons. The van der Waals surface area contributed by atoms with Crippen molar-refractivity contribution in [3.8, 4) is 11.1 Å². The van der Waals surface area contributed by atoms with Crippen molar-refractivity contribution in [3.05, 3.63) is 83.4 Å². The van der Waals surface area contributed by atoms with Crippen LogP contribution in [0.2, 0.25) is 0 Å². The average Bonchev–Trinajstić information content (AvgIpc) is 2.77. The molecule has 1 saturated heterocycles. The molecule has 1 aliphatic rings. The number of aryl methyl sites for hydroxylation is 2. The van der Waals surface area contributed by atoms with Crippen molar-refractivity contribution < 1.29 is 4.79 Å². The van der Waals surface area contributed by atoms with E-state index in [1.807, 2.05) is 24.5 Å². The molecule has 1 atom stereocenters. The second kappa shape index (κ2) is 8.98. The van der Waals surface area contributed by atoms with Crippen LogP contribution in [0.5, 0.6) is 0 Å². The van der Waals surface area contributed by atoms with E-state index in [2.05, 4.69) is 59.0 Å². The van der Waals surface area contributed by atoms with Crippen LogP contribution in [-0.4, -0.2) is 33.9 Å². The van der Waals surface area contributed by atoms with Crippen LogP contribution in [0.1, 0.15) is 35.1 Å². The van der Waals surface area contributed by atoms with Crippen LogP contribution in [0.4, 0.5) is 0 Å². The van der Waals surface area contributed by atoms with Gasteiger partial charge < -0.3 is 5.73 Å². The van der Waals surface area contributed by atoms with Crippen molar-refractivity contribution in [1.29, 1.82) is 0 Å². The predicted molar refractivity (Wildman–Crippen MR) is 123 cm³/mol. The van der Waals surface area contributed by atoms with Gasteiger partial charge in [0.05, 0.1) is 5.41 Å². The van der Waals surface area contributed by atoms with Crippen molar-refractivity contribution in [2.75, 3.05) is 13.1 Å². The molecule has 2 aromatic carbocycles. The number of carbonyl (C=O) groups is 1. The summed E-state index contributed by atoms with van der Waals surface area (Å²) in [6, 6.07) is 14.8. The van der Waals surface area contributed by atoms with Crippen LogP contribution in [0.25, 0.3) is 11.1 Å². The number of hydrogen-bond acceptors (Lipinski definition) is 4. The number of aromatic nitrogens is 2. The monoisotopic (exact) mass is 414 g/mol. The minimum atomic E-state index is -0.580. The number of nitrogens with zero attached hydrogens (tertiary/aromatic N) is 3. The molecular formula is C26H30N4O. The Morgan fingerprint density at radius 2 is 1.87 bits per heavy atom. The van der Waals surface area contributed by atoms with Gasteiger partial charge >= 0.3 is 0 Å². The van der Waals surface area contributed by atoms with Crippen LogP contribution in [0.15, 0.2) is 61.2 Å². The SMILES string of the molecule is Cc1ccc(CN2CCCC(Cc3ccccc3-c3cncnc3)(C(N)=O)C2)cc1C. The van der Waals surface area contributed by atoms with E-state index in [1.54, 1.807) is 0 Å². The standard InChI is InChI=1S/C26H30N4O/c1-19-8-9-21(12-20(19)2)16-30-11-5-10-26(17-30,25(27)31)13-22-6-3-4-7-24(22)23-14-28-18-29-15-23/h3-4,6-9,12,14-15,18H,5,10-11,13,16-17H2,1-2H3,(H2,27,31). The third kappa shape index (κ3) is 4.67. The molecular weight excluding hydrogens is 384 g/mol. The topological polar surface area (TPSA) is 72.1 Å². The van der Waals surface area contributed by atoms with E-state index >= 15 is 0 Å². The third-order valence-corrected chi connectivity index (χ3v) is 6.57. The van der Waals surface area contributed by atoms with E-state index in [9.17, 15) is 4.79 Å². The molecule has 2 heterocycles. The highest BCUT2D eigenvalue weighted by Gasteiger charge is 2.41. The summed E-state index contributed by atoms with van der Waals surface area (Å²) >= 11 is 0. The smallest absolute Gasteiger partial charge is 0.225 e. The molecule has 31 heavy (non-hydrogen) atoms. The maximum atomic E-state index is 12.8. The molecule has 1 amide bonds. The van der Waals surface area contributed by atoms with Crippen LogP contribution < -0.4 is 5.73 Å². The first-order valence-corrected chi connectivity index (χ1v) is 10.9. The van der Waals surface area contributed by atoms with E-state index in [4.69, 9.17) is 5.73 Å². The lowest BCUT2D eigenvalue weighted by Gasteiger charge is -2.41. The molecule has 0 bridgehead atoms. The fraction of sp³-hybridized carbons (Fsp3) is 0.346. The predicted octanol–water partition coefficient (Wildman–Crippen LogP) is 4.07. The summed E-state index contributed by atoms with van der Waals surface area (Å²) in [5, 5.41) is 0. The highest BCUT2D eigenvalue weighted by Crippen LogP contribution is 2.37. The van der Waals surface area contributed by atoms with Crippen molar-refractivity contribution in [2.24, 2.45) is 11.1 Å². The van der Waals surface area contributed by atoms with Crippen LogP contribution in [0.3, 0.4) is 0 Å². The largest absolute Gasteiger partial charge is 0.369 e. The number of carbonyl (C=O) groups excluding carboxylic acids is 1. The molecule has 0 spiro atoms. The Kier molecular flexibility index (Phi) is 6.14. The lowest BCUT2D eigenvalue weighted by molar-refractivity contribution is -0.131. The maximum absolute atomic E-state index is 12.8. The summed E-state index contributed by atoms with van der Waals surface area (Å²) in [6.07, 6.45) is 7.56. The number of amides is 1. The van der Waals surface area contributed by atoms with Gasteiger partial charge in [-0.15, -0.1) is 0 Å². The van der Waals surface area contributed by atoms with E-state index in [0.29, 0.717) is 13.0 Å². The zero-order valence-corrected chi connectivity index (χ0v) is 18.3. The maximum Gasteiger partial charge on any atom is 0.225 e. The lowest BCUT2D eigenvalue weighted by Crippen LogP contribution is -2.51. The van der Waals surface area contributed by atoms with Crippen LogP contribution >= 0.6 is 0 Å². The first-order valence-electron chi connectivity index (χ1n) is 10.9. The van der Waals surface area contributed by atoms with Crippen LogP contribution in [-0.2, 0) is 17.8 Å². The molecule has 1 unspecified atom stereocenters.